The molecule has 1 N–H and O–H groups in total. The highest BCUT2D eigenvalue weighted by molar-refractivity contribution is 5.20. The van der Waals surface area contributed by atoms with E-state index in [0.717, 1.165) is 36.6 Å². The number of halogens is 1. The molecule has 1 aromatic carbocycles. The highest BCUT2D eigenvalue weighted by Gasteiger charge is 2.22. The number of aromatic nitrogens is 3. The lowest BCUT2D eigenvalue weighted by molar-refractivity contribution is 0.189. The van der Waals surface area contributed by atoms with Gasteiger partial charge in [-0.25, -0.2) is 4.39 Å². The van der Waals surface area contributed by atoms with Crippen molar-refractivity contribution in [3.05, 3.63) is 47.3 Å². The average Bonchev–Trinajstić information content (AvgIpc) is 2.81. The summed E-state index contributed by atoms with van der Waals surface area (Å²) in [7, 11) is 0. The van der Waals surface area contributed by atoms with Gasteiger partial charge in [0.05, 0.1) is 0 Å². The lowest BCUT2D eigenvalue weighted by atomic mass is 10.00. The summed E-state index contributed by atoms with van der Waals surface area (Å²) in [6, 6.07) is 6.55. The largest absolute Gasteiger partial charge is 0.396 e. The van der Waals surface area contributed by atoms with Gasteiger partial charge in [0.1, 0.15) is 17.5 Å². The van der Waals surface area contributed by atoms with Crippen molar-refractivity contribution in [3.8, 4) is 0 Å². The van der Waals surface area contributed by atoms with E-state index in [4.69, 9.17) is 0 Å². The van der Waals surface area contributed by atoms with Crippen LogP contribution in [0.3, 0.4) is 0 Å². The molecule has 1 aromatic heterocycles. The summed E-state index contributed by atoms with van der Waals surface area (Å²) in [6.45, 7) is 0.945. The van der Waals surface area contributed by atoms with E-state index in [-0.39, 0.29) is 18.3 Å². The molecule has 0 spiro atoms. The van der Waals surface area contributed by atoms with E-state index in [2.05, 4.69) is 14.8 Å². The molecule has 0 fully saturated rings. The van der Waals surface area contributed by atoms with Crippen molar-refractivity contribution < 1.29 is 9.50 Å². The molecule has 0 saturated heterocycles. The molecule has 2 heterocycles. The topological polar surface area (TPSA) is 50.9 Å². The predicted molar refractivity (Wildman–Crippen MR) is 68.1 cm³/mol. The molecule has 0 radical (unpaired) electrons. The van der Waals surface area contributed by atoms with Crippen molar-refractivity contribution >= 4 is 0 Å². The summed E-state index contributed by atoms with van der Waals surface area (Å²) in [5.41, 5.74) is 0.890. The fourth-order valence-electron chi connectivity index (χ4n) is 2.56. The van der Waals surface area contributed by atoms with Crippen molar-refractivity contribution in [1.29, 1.82) is 0 Å². The van der Waals surface area contributed by atoms with Crippen molar-refractivity contribution in [3.63, 3.8) is 0 Å². The van der Waals surface area contributed by atoms with Gasteiger partial charge in [0.25, 0.3) is 0 Å². The number of aliphatic hydroxyl groups excluding tert-OH is 1. The van der Waals surface area contributed by atoms with Crippen LogP contribution in [0.4, 0.5) is 4.39 Å². The molecule has 1 aliphatic rings. The van der Waals surface area contributed by atoms with Crippen LogP contribution in [0.2, 0.25) is 0 Å². The zero-order valence-electron chi connectivity index (χ0n) is 10.6. The molecule has 1 atom stereocenters. The lowest BCUT2D eigenvalue weighted by Gasteiger charge is -2.22. The maximum atomic E-state index is 13.2. The molecular formula is C14H16FN3O. The second-order valence-electron chi connectivity index (χ2n) is 5.04. The number of hydrogen-bond donors (Lipinski definition) is 1. The van der Waals surface area contributed by atoms with E-state index in [1.807, 2.05) is 6.07 Å². The van der Waals surface area contributed by atoms with E-state index >= 15 is 0 Å². The molecule has 3 rings (SSSR count). The van der Waals surface area contributed by atoms with Gasteiger partial charge in [0, 0.05) is 31.9 Å². The summed E-state index contributed by atoms with van der Waals surface area (Å²) in [4.78, 5) is 0. The molecule has 0 bridgehead atoms. The van der Waals surface area contributed by atoms with E-state index in [0.29, 0.717) is 6.42 Å². The van der Waals surface area contributed by atoms with Gasteiger partial charge in [-0.3, -0.25) is 0 Å². The van der Waals surface area contributed by atoms with Crippen LogP contribution in [0.1, 0.15) is 23.6 Å². The molecular weight excluding hydrogens is 245 g/mol. The van der Waals surface area contributed by atoms with Crippen molar-refractivity contribution in [2.45, 2.75) is 25.8 Å². The number of aryl methyl sites for hydroxylation is 1. The van der Waals surface area contributed by atoms with Gasteiger partial charge in [-0.15, -0.1) is 10.2 Å². The van der Waals surface area contributed by atoms with Crippen molar-refractivity contribution in [1.82, 2.24) is 14.8 Å². The molecule has 0 saturated carbocycles. The Morgan fingerprint density at radius 1 is 1.37 bits per heavy atom. The van der Waals surface area contributed by atoms with E-state index in [1.165, 1.54) is 12.1 Å². The molecule has 2 aromatic rings. The Bertz CT molecular complexity index is 582. The van der Waals surface area contributed by atoms with Crippen LogP contribution in [0, 0.1) is 11.7 Å². The molecule has 4 nitrogen and oxygen atoms in total. The molecule has 5 heteroatoms. The third-order valence-electron chi connectivity index (χ3n) is 3.63. The summed E-state index contributed by atoms with van der Waals surface area (Å²) in [6.07, 6.45) is 2.37. The average molecular weight is 261 g/mol. The zero-order chi connectivity index (χ0) is 13.2. The Morgan fingerprint density at radius 2 is 2.26 bits per heavy atom. The van der Waals surface area contributed by atoms with E-state index in [1.54, 1.807) is 6.07 Å². The maximum Gasteiger partial charge on any atom is 0.137 e. The molecule has 1 aliphatic heterocycles. The smallest absolute Gasteiger partial charge is 0.137 e. The minimum absolute atomic E-state index is 0.191. The first-order valence-electron chi connectivity index (χ1n) is 6.52. The van der Waals surface area contributed by atoms with E-state index in [9.17, 15) is 9.50 Å². The predicted octanol–water partition coefficient (Wildman–Crippen LogP) is 1.56. The Hall–Kier alpha value is -1.75. The first-order chi connectivity index (χ1) is 9.26. The summed E-state index contributed by atoms with van der Waals surface area (Å²) < 4.78 is 15.2. The van der Waals surface area contributed by atoms with Gasteiger partial charge in [-0.1, -0.05) is 12.1 Å². The summed E-state index contributed by atoms with van der Waals surface area (Å²) in [5.74, 6) is 1.86. The third-order valence-corrected chi connectivity index (χ3v) is 3.63. The minimum Gasteiger partial charge on any atom is -0.396 e. The molecule has 19 heavy (non-hydrogen) atoms. The standard InChI is InChI=1S/C14H16FN3O/c15-12-3-1-2-10(6-12)7-14-17-16-13-5-4-11(9-19)8-18(13)14/h1-3,6,11,19H,4-5,7-9H2. The molecule has 0 aliphatic carbocycles. The first-order valence-corrected chi connectivity index (χ1v) is 6.52. The molecule has 100 valence electrons. The number of hydrogen-bond acceptors (Lipinski definition) is 3. The second kappa shape index (κ2) is 5.09. The Morgan fingerprint density at radius 3 is 3.05 bits per heavy atom. The van der Waals surface area contributed by atoms with Crippen LogP contribution in [0.5, 0.6) is 0 Å². The van der Waals surface area contributed by atoms with Gasteiger partial charge in [0.2, 0.25) is 0 Å². The van der Waals surface area contributed by atoms with Gasteiger partial charge < -0.3 is 9.67 Å². The zero-order valence-corrected chi connectivity index (χ0v) is 10.6. The highest BCUT2D eigenvalue weighted by atomic mass is 19.1. The monoisotopic (exact) mass is 261 g/mol. The van der Waals surface area contributed by atoms with E-state index < -0.39 is 0 Å². The number of nitrogens with zero attached hydrogens (tertiary/aromatic N) is 3. The van der Waals surface area contributed by atoms with Crippen LogP contribution >= 0.6 is 0 Å². The van der Waals surface area contributed by atoms with Crippen molar-refractivity contribution in [2.75, 3.05) is 6.61 Å². The summed E-state index contributed by atoms with van der Waals surface area (Å²) in [5, 5.41) is 17.6. The fourth-order valence-corrected chi connectivity index (χ4v) is 2.56. The van der Waals surface area contributed by atoms with Crippen molar-refractivity contribution in [2.24, 2.45) is 5.92 Å². The van der Waals surface area contributed by atoms with Crippen LogP contribution < -0.4 is 0 Å². The normalized spacial score (nSPS) is 18.3. The molecule has 0 amide bonds. The van der Waals surface area contributed by atoms with Gasteiger partial charge in [-0.2, -0.15) is 0 Å². The van der Waals surface area contributed by atoms with Gasteiger partial charge >= 0.3 is 0 Å². The van der Waals surface area contributed by atoms with Crippen LogP contribution in [0.15, 0.2) is 24.3 Å². The van der Waals surface area contributed by atoms with Crippen LogP contribution in [-0.2, 0) is 19.4 Å². The second-order valence-corrected chi connectivity index (χ2v) is 5.04. The Labute approximate surface area is 110 Å². The maximum absolute atomic E-state index is 13.2. The lowest BCUT2D eigenvalue weighted by Crippen LogP contribution is -2.24. The number of benzene rings is 1. The van der Waals surface area contributed by atoms with Gasteiger partial charge in [-0.05, 0) is 24.1 Å². The first kappa shape index (κ1) is 12.3. The molecule has 1 unspecified atom stereocenters. The quantitative estimate of drug-likeness (QED) is 0.912. The number of fused-ring (bicyclic) bond motifs is 1. The number of rotatable bonds is 3. The fraction of sp³-hybridized carbons (Fsp3) is 0.429. The Balaban J connectivity index is 1.85. The van der Waals surface area contributed by atoms with Crippen LogP contribution in [-0.4, -0.2) is 26.5 Å². The summed E-state index contributed by atoms with van der Waals surface area (Å²) >= 11 is 0. The SMILES string of the molecule is OCC1CCc2nnc(Cc3cccc(F)c3)n2C1. The number of aliphatic hydroxyl groups is 1. The van der Waals surface area contributed by atoms with Gasteiger partial charge in [0.15, 0.2) is 0 Å². The van der Waals surface area contributed by atoms with Crippen LogP contribution in [0.25, 0.3) is 0 Å². The Kier molecular flexibility index (Phi) is 3.29. The highest BCUT2D eigenvalue weighted by Crippen LogP contribution is 2.21. The third kappa shape index (κ3) is 2.51. The minimum atomic E-state index is -0.232.